The lowest BCUT2D eigenvalue weighted by Gasteiger charge is -2.08. The van der Waals surface area contributed by atoms with Crippen molar-refractivity contribution >= 4 is 0 Å². The van der Waals surface area contributed by atoms with Gasteiger partial charge in [0.1, 0.15) is 11.6 Å². The zero-order chi connectivity index (χ0) is 18.2. The summed E-state index contributed by atoms with van der Waals surface area (Å²) in [4.78, 5) is 12.5. The summed E-state index contributed by atoms with van der Waals surface area (Å²) in [5.74, 6) is -0.353. The summed E-state index contributed by atoms with van der Waals surface area (Å²) in [7, 11) is 0. The van der Waals surface area contributed by atoms with Gasteiger partial charge in [0.05, 0.1) is 17.8 Å². The Morgan fingerprint density at radius 1 is 1.08 bits per heavy atom. The molecule has 1 heterocycles. The van der Waals surface area contributed by atoms with Crippen LogP contribution in [-0.4, -0.2) is 14.3 Å². The highest BCUT2D eigenvalue weighted by Gasteiger charge is 2.30. The van der Waals surface area contributed by atoms with Crippen LogP contribution in [-0.2, 0) is 12.7 Å². The first-order valence-electron chi connectivity index (χ1n) is 7.35. The van der Waals surface area contributed by atoms with Crippen molar-refractivity contribution in [2.24, 2.45) is 0 Å². The van der Waals surface area contributed by atoms with E-state index in [1.165, 1.54) is 37.3 Å². The minimum absolute atomic E-state index is 0.0419. The molecule has 3 rings (SSSR count). The standard InChI is InChI=1S/C17H13F4N3O/c1-11-22-23(10-12-5-4-6-13(9-12)17(19,20)21)16(25)24(11)15-8-3-2-7-14(15)18/h2-9H,10H2,1H3. The summed E-state index contributed by atoms with van der Waals surface area (Å²) in [6.45, 7) is 1.38. The average molecular weight is 351 g/mol. The largest absolute Gasteiger partial charge is 0.416 e. The van der Waals surface area contributed by atoms with Crippen molar-refractivity contribution in [1.29, 1.82) is 0 Å². The summed E-state index contributed by atoms with van der Waals surface area (Å²) in [5, 5.41) is 4.03. The molecule has 8 heteroatoms. The Hall–Kier alpha value is -2.90. The average Bonchev–Trinajstić information content (AvgIpc) is 2.82. The van der Waals surface area contributed by atoms with Crippen molar-refractivity contribution in [3.05, 3.63) is 81.8 Å². The Morgan fingerprint density at radius 2 is 1.80 bits per heavy atom. The second kappa shape index (κ2) is 6.19. The van der Waals surface area contributed by atoms with E-state index in [1.54, 1.807) is 6.07 Å². The number of alkyl halides is 3. The van der Waals surface area contributed by atoms with E-state index >= 15 is 0 Å². The molecule has 130 valence electrons. The Labute approximate surface area is 140 Å². The molecule has 0 radical (unpaired) electrons. The van der Waals surface area contributed by atoms with Gasteiger partial charge in [-0.2, -0.15) is 18.3 Å². The fourth-order valence-electron chi connectivity index (χ4n) is 2.55. The summed E-state index contributed by atoms with van der Waals surface area (Å²) in [5.41, 5.74) is -1.11. The Balaban J connectivity index is 2.00. The highest BCUT2D eigenvalue weighted by Crippen LogP contribution is 2.29. The molecule has 0 amide bonds. The molecule has 1 aromatic heterocycles. The maximum atomic E-state index is 13.9. The van der Waals surface area contributed by atoms with Crippen molar-refractivity contribution in [1.82, 2.24) is 14.3 Å². The minimum Gasteiger partial charge on any atom is -0.246 e. The summed E-state index contributed by atoms with van der Waals surface area (Å²) in [6, 6.07) is 10.4. The number of benzene rings is 2. The Bertz CT molecular complexity index is 973. The quantitative estimate of drug-likeness (QED) is 0.677. The van der Waals surface area contributed by atoms with E-state index in [0.29, 0.717) is 0 Å². The normalized spacial score (nSPS) is 11.7. The van der Waals surface area contributed by atoms with E-state index < -0.39 is 23.2 Å². The third-order valence-corrected chi connectivity index (χ3v) is 3.68. The highest BCUT2D eigenvalue weighted by molar-refractivity contribution is 5.34. The molecule has 25 heavy (non-hydrogen) atoms. The van der Waals surface area contributed by atoms with Gasteiger partial charge in [-0.15, -0.1) is 0 Å². The molecule has 0 fully saturated rings. The highest BCUT2D eigenvalue weighted by atomic mass is 19.4. The number of aromatic nitrogens is 3. The van der Waals surface area contributed by atoms with Crippen LogP contribution in [0, 0.1) is 12.7 Å². The topological polar surface area (TPSA) is 39.8 Å². The first-order chi connectivity index (χ1) is 11.8. The fourth-order valence-corrected chi connectivity index (χ4v) is 2.55. The first kappa shape index (κ1) is 16.9. The number of hydrogen-bond acceptors (Lipinski definition) is 2. The first-order valence-corrected chi connectivity index (χ1v) is 7.35. The molecule has 4 nitrogen and oxygen atoms in total. The van der Waals surface area contributed by atoms with E-state index in [9.17, 15) is 22.4 Å². The third kappa shape index (κ3) is 3.33. The van der Waals surface area contributed by atoms with E-state index in [2.05, 4.69) is 5.10 Å². The molecule has 0 aliphatic carbocycles. The van der Waals surface area contributed by atoms with Crippen LogP contribution in [0.25, 0.3) is 5.69 Å². The zero-order valence-electron chi connectivity index (χ0n) is 13.1. The molecule has 0 aliphatic rings. The van der Waals surface area contributed by atoms with Crippen molar-refractivity contribution in [3.8, 4) is 5.69 Å². The molecular weight excluding hydrogens is 338 g/mol. The number of nitrogens with zero attached hydrogens (tertiary/aromatic N) is 3. The molecule has 0 saturated heterocycles. The molecule has 0 N–H and O–H groups in total. The van der Waals surface area contributed by atoms with Gasteiger partial charge >= 0.3 is 11.9 Å². The van der Waals surface area contributed by atoms with Gasteiger partial charge in [0.25, 0.3) is 0 Å². The molecule has 0 aliphatic heterocycles. The van der Waals surface area contributed by atoms with Crippen LogP contribution in [0.15, 0.2) is 53.3 Å². The van der Waals surface area contributed by atoms with Crippen LogP contribution < -0.4 is 5.69 Å². The van der Waals surface area contributed by atoms with Crippen LogP contribution in [0.1, 0.15) is 17.0 Å². The van der Waals surface area contributed by atoms with Gasteiger partial charge in [0.15, 0.2) is 0 Å². The number of rotatable bonds is 3. The maximum Gasteiger partial charge on any atom is 0.416 e. The van der Waals surface area contributed by atoms with Crippen LogP contribution in [0.3, 0.4) is 0 Å². The molecule has 2 aromatic carbocycles. The SMILES string of the molecule is Cc1nn(Cc2cccc(C(F)(F)F)c2)c(=O)n1-c1ccccc1F. The van der Waals surface area contributed by atoms with Crippen LogP contribution in [0.5, 0.6) is 0 Å². The van der Waals surface area contributed by atoms with E-state index in [-0.39, 0.29) is 23.6 Å². The van der Waals surface area contributed by atoms with Gasteiger partial charge in [-0.05, 0) is 36.8 Å². The third-order valence-electron chi connectivity index (χ3n) is 3.68. The van der Waals surface area contributed by atoms with E-state index in [1.807, 2.05) is 0 Å². The Morgan fingerprint density at radius 3 is 2.48 bits per heavy atom. The van der Waals surface area contributed by atoms with Gasteiger partial charge < -0.3 is 0 Å². The maximum absolute atomic E-state index is 13.9. The molecule has 3 aromatic rings. The summed E-state index contributed by atoms with van der Waals surface area (Å²) in [6.07, 6.45) is -4.47. The van der Waals surface area contributed by atoms with E-state index in [4.69, 9.17) is 0 Å². The molecule has 0 saturated carbocycles. The van der Waals surface area contributed by atoms with Crippen molar-refractivity contribution in [3.63, 3.8) is 0 Å². The number of halogens is 4. The fraction of sp³-hybridized carbons (Fsp3) is 0.176. The minimum atomic E-state index is -4.47. The van der Waals surface area contributed by atoms with Crippen LogP contribution >= 0.6 is 0 Å². The lowest BCUT2D eigenvalue weighted by Crippen LogP contribution is -2.25. The summed E-state index contributed by atoms with van der Waals surface area (Å²) < 4.78 is 54.4. The number of aryl methyl sites for hydroxylation is 1. The van der Waals surface area contributed by atoms with Crippen LogP contribution in [0.2, 0.25) is 0 Å². The van der Waals surface area contributed by atoms with Crippen LogP contribution in [0.4, 0.5) is 17.6 Å². The van der Waals surface area contributed by atoms with Crippen molar-refractivity contribution in [2.75, 3.05) is 0 Å². The van der Waals surface area contributed by atoms with Gasteiger partial charge in [-0.1, -0.05) is 24.3 Å². The number of para-hydroxylation sites is 1. The Kier molecular flexibility index (Phi) is 4.20. The smallest absolute Gasteiger partial charge is 0.246 e. The molecule has 0 unspecified atom stereocenters. The molecule has 0 bridgehead atoms. The molecule has 0 atom stereocenters. The lowest BCUT2D eigenvalue weighted by molar-refractivity contribution is -0.137. The van der Waals surface area contributed by atoms with Gasteiger partial charge in [-0.3, -0.25) is 0 Å². The monoisotopic (exact) mass is 351 g/mol. The summed E-state index contributed by atoms with van der Waals surface area (Å²) >= 11 is 0. The van der Waals surface area contributed by atoms with Gasteiger partial charge in [0, 0.05) is 0 Å². The zero-order valence-corrected chi connectivity index (χ0v) is 13.1. The van der Waals surface area contributed by atoms with Crippen molar-refractivity contribution in [2.45, 2.75) is 19.6 Å². The van der Waals surface area contributed by atoms with Gasteiger partial charge in [0.2, 0.25) is 0 Å². The number of hydrogen-bond donors (Lipinski definition) is 0. The lowest BCUT2D eigenvalue weighted by atomic mass is 10.1. The predicted octanol–water partition coefficient (Wildman–Crippen LogP) is 3.55. The second-order valence-corrected chi connectivity index (χ2v) is 5.47. The predicted molar refractivity (Wildman–Crippen MR) is 83.1 cm³/mol. The molecular formula is C17H13F4N3O. The van der Waals surface area contributed by atoms with E-state index in [0.717, 1.165) is 21.4 Å². The van der Waals surface area contributed by atoms with Crippen molar-refractivity contribution < 1.29 is 17.6 Å². The second-order valence-electron chi connectivity index (χ2n) is 5.47. The van der Waals surface area contributed by atoms with Gasteiger partial charge in [-0.25, -0.2) is 18.4 Å². The molecule has 0 spiro atoms.